The number of nitrogens with zero attached hydrogens (tertiary/aromatic N) is 2. The molecule has 1 aromatic heterocycles. The first-order chi connectivity index (χ1) is 8.63. The highest BCUT2D eigenvalue weighted by atomic mass is 16.1. The van der Waals surface area contributed by atoms with Crippen LogP contribution in [0.5, 0.6) is 0 Å². The number of aromatic nitrogens is 2. The average molecular weight is 250 g/mol. The summed E-state index contributed by atoms with van der Waals surface area (Å²) in [4.78, 5) is 21.3. The van der Waals surface area contributed by atoms with Crippen LogP contribution in [0, 0.1) is 5.92 Å². The molecule has 0 atom stereocenters. The van der Waals surface area contributed by atoms with Gasteiger partial charge >= 0.3 is 0 Å². The molecule has 1 saturated heterocycles. The Morgan fingerprint density at radius 1 is 1.39 bits per heavy atom. The summed E-state index contributed by atoms with van der Waals surface area (Å²) in [7, 11) is 0. The quantitative estimate of drug-likeness (QED) is 0.811. The maximum absolute atomic E-state index is 11.6. The minimum absolute atomic E-state index is 0.0363. The monoisotopic (exact) mass is 250 g/mol. The van der Waals surface area contributed by atoms with E-state index in [2.05, 4.69) is 34.0 Å². The van der Waals surface area contributed by atoms with Gasteiger partial charge in [0.2, 0.25) is 0 Å². The SMILES string of the molecule is CC(C)Cc1cc(=O)[nH]c(CN2CCNCC2)n1. The van der Waals surface area contributed by atoms with E-state index in [0.29, 0.717) is 5.92 Å². The van der Waals surface area contributed by atoms with Crippen LogP contribution in [-0.4, -0.2) is 41.0 Å². The lowest BCUT2D eigenvalue weighted by Gasteiger charge is -2.26. The fourth-order valence-corrected chi connectivity index (χ4v) is 2.24. The van der Waals surface area contributed by atoms with Gasteiger partial charge in [0.25, 0.3) is 5.56 Å². The van der Waals surface area contributed by atoms with Crippen molar-refractivity contribution < 1.29 is 0 Å². The highest BCUT2D eigenvalue weighted by Gasteiger charge is 2.12. The first-order valence-electron chi connectivity index (χ1n) is 6.65. The lowest BCUT2D eigenvalue weighted by atomic mass is 10.1. The van der Waals surface area contributed by atoms with Gasteiger partial charge in [0.05, 0.1) is 6.54 Å². The van der Waals surface area contributed by atoms with Crippen LogP contribution in [0.2, 0.25) is 0 Å². The summed E-state index contributed by atoms with van der Waals surface area (Å²) < 4.78 is 0. The van der Waals surface area contributed by atoms with Crippen molar-refractivity contribution in [1.82, 2.24) is 20.2 Å². The van der Waals surface area contributed by atoms with Gasteiger partial charge in [-0.15, -0.1) is 0 Å². The zero-order valence-electron chi connectivity index (χ0n) is 11.2. The van der Waals surface area contributed by atoms with Crippen molar-refractivity contribution >= 4 is 0 Å². The summed E-state index contributed by atoms with van der Waals surface area (Å²) in [6.45, 7) is 9.06. The van der Waals surface area contributed by atoms with Gasteiger partial charge in [-0.25, -0.2) is 4.98 Å². The Bertz CT molecular complexity index is 435. The third-order valence-electron chi connectivity index (χ3n) is 3.04. The van der Waals surface area contributed by atoms with Crippen LogP contribution in [0.3, 0.4) is 0 Å². The maximum atomic E-state index is 11.6. The minimum atomic E-state index is -0.0363. The number of hydrogen-bond acceptors (Lipinski definition) is 4. The molecule has 100 valence electrons. The van der Waals surface area contributed by atoms with Crippen LogP contribution in [0.15, 0.2) is 10.9 Å². The molecule has 0 radical (unpaired) electrons. The third kappa shape index (κ3) is 3.92. The number of rotatable bonds is 4. The van der Waals surface area contributed by atoms with Crippen molar-refractivity contribution in [1.29, 1.82) is 0 Å². The number of aromatic amines is 1. The number of H-pyrrole nitrogens is 1. The summed E-state index contributed by atoms with van der Waals surface area (Å²) in [6, 6.07) is 1.61. The topological polar surface area (TPSA) is 61.0 Å². The first kappa shape index (κ1) is 13.2. The molecule has 5 nitrogen and oxygen atoms in total. The van der Waals surface area contributed by atoms with Crippen molar-refractivity contribution in [3.63, 3.8) is 0 Å². The van der Waals surface area contributed by atoms with E-state index in [9.17, 15) is 4.79 Å². The summed E-state index contributed by atoms with van der Waals surface area (Å²) in [5.41, 5.74) is 0.865. The minimum Gasteiger partial charge on any atom is -0.314 e. The zero-order chi connectivity index (χ0) is 13.0. The molecule has 5 heteroatoms. The Labute approximate surface area is 108 Å². The lowest BCUT2D eigenvalue weighted by molar-refractivity contribution is 0.227. The molecule has 0 unspecified atom stereocenters. The molecular weight excluding hydrogens is 228 g/mol. The largest absolute Gasteiger partial charge is 0.314 e. The predicted octanol–water partition coefficient (Wildman–Crippen LogP) is 0.374. The highest BCUT2D eigenvalue weighted by molar-refractivity contribution is 5.03. The van der Waals surface area contributed by atoms with E-state index in [-0.39, 0.29) is 5.56 Å². The van der Waals surface area contributed by atoms with E-state index in [4.69, 9.17) is 0 Å². The second-order valence-corrected chi connectivity index (χ2v) is 5.31. The van der Waals surface area contributed by atoms with Gasteiger partial charge < -0.3 is 10.3 Å². The van der Waals surface area contributed by atoms with Crippen LogP contribution in [-0.2, 0) is 13.0 Å². The van der Waals surface area contributed by atoms with Gasteiger partial charge in [-0.05, 0) is 12.3 Å². The molecule has 1 aliphatic heterocycles. The summed E-state index contributed by atoms with van der Waals surface area (Å²) in [5, 5.41) is 3.32. The average Bonchev–Trinajstić information content (AvgIpc) is 2.28. The van der Waals surface area contributed by atoms with E-state index in [1.54, 1.807) is 6.07 Å². The molecule has 0 spiro atoms. The summed E-state index contributed by atoms with van der Waals surface area (Å²) in [5.74, 6) is 1.31. The Morgan fingerprint density at radius 3 is 2.78 bits per heavy atom. The van der Waals surface area contributed by atoms with E-state index < -0.39 is 0 Å². The van der Waals surface area contributed by atoms with Crippen LogP contribution in [0.1, 0.15) is 25.4 Å². The van der Waals surface area contributed by atoms with E-state index >= 15 is 0 Å². The van der Waals surface area contributed by atoms with Crippen LogP contribution >= 0.6 is 0 Å². The summed E-state index contributed by atoms with van der Waals surface area (Å²) >= 11 is 0. The standard InChI is InChI=1S/C13H22N4O/c1-10(2)7-11-8-13(18)16-12(15-11)9-17-5-3-14-4-6-17/h8,10,14H,3-7,9H2,1-2H3,(H,15,16,18). The molecule has 2 rings (SSSR count). The molecule has 1 aliphatic rings. The lowest BCUT2D eigenvalue weighted by Crippen LogP contribution is -2.43. The van der Waals surface area contributed by atoms with Gasteiger partial charge in [-0.3, -0.25) is 9.69 Å². The van der Waals surface area contributed by atoms with Gasteiger partial charge in [-0.1, -0.05) is 13.8 Å². The van der Waals surface area contributed by atoms with Gasteiger partial charge in [0, 0.05) is 37.9 Å². The second-order valence-electron chi connectivity index (χ2n) is 5.31. The molecule has 1 fully saturated rings. The number of hydrogen-bond donors (Lipinski definition) is 2. The van der Waals surface area contributed by atoms with Crippen molar-refractivity contribution in [2.75, 3.05) is 26.2 Å². The predicted molar refractivity (Wildman–Crippen MR) is 71.5 cm³/mol. The molecule has 0 amide bonds. The molecular formula is C13H22N4O. The first-order valence-corrected chi connectivity index (χ1v) is 6.65. The van der Waals surface area contributed by atoms with Crippen LogP contribution in [0.25, 0.3) is 0 Å². The van der Waals surface area contributed by atoms with Crippen LogP contribution in [0.4, 0.5) is 0 Å². The second kappa shape index (κ2) is 6.11. The molecule has 0 saturated carbocycles. The molecule has 2 heterocycles. The van der Waals surface area contributed by atoms with Crippen LogP contribution < -0.4 is 10.9 Å². The molecule has 1 aromatic rings. The normalized spacial score (nSPS) is 17.3. The fraction of sp³-hybridized carbons (Fsp3) is 0.692. The molecule has 0 bridgehead atoms. The van der Waals surface area contributed by atoms with Crippen molar-refractivity contribution in [3.8, 4) is 0 Å². The highest BCUT2D eigenvalue weighted by Crippen LogP contribution is 2.05. The smallest absolute Gasteiger partial charge is 0.251 e. The molecule has 2 N–H and O–H groups in total. The van der Waals surface area contributed by atoms with Gasteiger partial charge in [-0.2, -0.15) is 0 Å². The van der Waals surface area contributed by atoms with Crippen molar-refractivity contribution in [3.05, 3.63) is 27.9 Å². The van der Waals surface area contributed by atoms with E-state index in [1.165, 1.54) is 0 Å². The van der Waals surface area contributed by atoms with Gasteiger partial charge in [0.15, 0.2) is 0 Å². The molecule has 0 aromatic carbocycles. The van der Waals surface area contributed by atoms with E-state index in [0.717, 1.165) is 50.7 Å². The Balaban J connectivity index is 2.07. The van der Waals surface area contributed by atoms with E-state index in [1.807, 2.05) is 0 Å². The Kier molecular flexibility index (Phi) is 4.49. The molecule has 0 aliphatic carbocycles. The van der Waals surface area contributed by atoms with Crippen molar-refractivity contribution in [2.24, 2.45) is 5.92 Å². The Hall–Kier alpha value is -1.20. The number of piperazine rings is 1. The number of nitrogens with one attached hydrogen (secondary N) is 2. The zero-order valence-corrected chi connectivity index (χ0v) is 11.2. The van der Waals surface area contributed by atoms with Crippen molar-refractivity contribution in [2.45, 2.75) is 26.8 Å². The summed E-state index contributed by atoms with van der Waals surface area (Å²) in [6.07, 6.45) is 0.860. The Morgan fingerprint density at radius 2 is 2.11 bits per heavy atom. The van der Waals surface area contributed by atoms with Gasteiger partial charge in [0.1, 0.15) is 5.82 Å². The maximum Gasteiger partial charge on any atom is 0.251 e. The third-order valence-corrected chi connectivity index (χ3v) is 3.04. The fourth-order valence-electron chi connectivity index (χ4n) is 2.24. The molecule has 18 heavy (non-hydrogen) atoms.